The van der Waals surface area contributed by atoms with Gasteiger partial charge in [-0.05, 0) is 19.8 Å². The maximum atomic E-state index is 11.8. The van der Waals surface area contributed by atoms with Crippen molar-refractivity contribution < 1.29 is 50.4 Å². The topological polar surface area (TPSA) is 158 Å². The zero-order valence-corrected chi connectivity index (χ0v) is 16.7. The van der Waals surface area contributed by atoms with Crippen LogP contribution < -0.4 is 0 Å². The first-order valence-corrected chi connectivity index (χ1v) is 12.2. The predicted octanol–water partition coefficient (Wildman–Crippen LogP) is -0.325. The Morgan fingerprint density at radius 2 is 1.19 bits per heavy atom. The van der Waals surface area contributed by atoms with Crippen LogP contribution in [0.3, 0.4) is 0 Å². The van der Waals surface area contributed by atoms with Gasteiger partial charge in [-0.1, -0.05) is 0 Å². The van der Waals surface area contributed by atoms with Gasteiger partial charge in [-0.3, -0.25) is 0 Å². The van der Waals surface area contributed by atoms with Crippen molar-refractivity contribution >= 4 is 31.2 Å². The first kappa shape index (κ1) is 21.3. The second-order valence-electron chi connectivity index (χ2n) is 6.57. The van der Waals surface area contributed by atoms with Gasteiger partial charge in [-0.15, -0.1) is 0 Å². The minimum Gasteiger partial charge on any atom is -0.245 e. The lowest BCUT2D eigenvalue weighted by atomic mass is 9.99. The van der Waals surface area contributed by atoms with E-state index >= 15 is 0 Å². The summed E-state index contributed by atoms with van der Waals surface area (Å²) in [6, 6.07) is 0. The van der Waals surface area contributed by atoms with Crippen molar-refractivity contribution in [1.29, 1.82) is 0 Å². The van der Waals surface area contributed by atoms with E-state index in [9.17, 15) is 25.3 Å². The molecule has 0 amide bonds. The van der Waals surface area contributed by atoms with Crippen LogP contribution in [0.5, 0.6) is 0 Å². The van der Waals surface area contributed by atoms with Crippen molar-refractivity contribution in [3.05, 3.63) is 0 Å². The Balaban J connectivity index is 1.57. The molecule has 3 aliphatic rings. The molecule has 5 atom stereocenters. The summed E-state index contributed by atoms with van der Waals surface area (Å²) >= 11 is 0. The average molecular weight is 452 g/mol. The normalized spacial score (nSPS) is 40.6. The highest BCUT2D eigenvalue weighted by Gasteiger charge is 2.39. The van der Waals surface area contributed by atoms with E-state index in [0.717, 1.165) is 0 Å². The molecule has 0 N–H and O–H groups in total. The van der Waals surface area contributed by atoms with E-state index in [4.69, 9.17) is 12.5 Å². The van der Waals surface area contributed by atoms with Gasteiger partial charge in [0.25, 0.3) is 0 Å². The summed E-state index contributed by atoms with van der Waals surface area (Å²) in [5, 5.41) is 0. The Bertz CT molecular complexity index is 848. The van der Waals surface area contributed by atoms with E-state index < -0.39 is 61.7 Å². The van der Waals surface area contributed by atoms with E-state index in [2.05, 4.69) is 12.5 Å². The summed E-state index contributed by atoms with van der Waals surface area (Å²) in [5.41, 5.74) is 0. The maximum absolute atomic E-state index is 11.8. The average Bonchev–Trinajstić information content (AvgIpc) is 2.80. The fraction of sp³-hybridized carbons (Fsp3) is 1.00. The largest absolute Gasteiger partial charge is 0.400 e. The molecule has 0 aromatic carbocycles. The molecule has 12 nitrogen and oxygen atoms in total. The van der Waals surface area contributed by atoms with Gasteiger partial charge in [0.05, 0.1) is 31.0 Å². The summed E-state index contributed by atoms with van der Waals surface area (Å²) in [4.78, 5) is 0. The summed E-state index contributed by atoms with van der Waals surface area (Å²) in [6.07, 6.45) is -2.88. The summed E-state index contributed by atoms with van der Waals surface area (Å²) in [5.74, 6) is 0. The third kappa shape index (κ3) is 6.30. The summed E-state index contributed by atoms with van der Waals surface area (Å²) < 4.78 is 97.3. The molecule has 27 heavy (non-hydrogen) atoms. The maximum Gasteiger partial charge on any atom is 0.400 e. The second kappa shape index (κ2) is 7.79. The SMILES string of the molecule is CC1CC(CC2CC(CCC3COS(=O)(=O)O3)OS(=O)(=O)O2)OS(=O)(=O)O1. The van der Waals surface area contributed by atoms with Crippen molar-refractivity contribution in [2.24, 2.45) is 0 Å². The first-order valence-electron chi connectivity index (χ1n) is 8.22. The molecule has 0 radical (unpaired) electrons. The Kier molecular flexibility index (Phi) is 6.16. The van der Waals surface area contributed by atoms with Gasteiger partial charge in [0.15, 0.2) is 0 Å². The van der Waals surface area contributed by atoms with Crippen LogP contribution in [-0.4, -0.2) is 62.4 Å². The van der Waals surface area contributed by atoms with Gasteiger partial charge in [-0.2, -0.15) is 25.3 Å². The molecule has 0 aliphatic carbocycles. The van der Waals surface area contributed by atoms with E-state index in [0.29, 0.717) is 0 Å². The van der Waals surface area contributed by atoms with Gasteiger partial charge in [0.2, 0.25) is 0 Å². The fourth-order valence-electron chi connectivity index (χ4n) is 3.18. The predicted molar refractivity (Wildman–Crippen MR) is 85.8 cm³/mol. The van der Waals surface area contributed by atoms with Crippen LogP contribution in [0, 0.1) is 0 Å². The van der Waals surface area contributed by atoms with Crippen molar-refractivity contribution in [2.75, 3.05) is 6.61 Å². The van der Waals surface area contributed by atoms with Crippen LogP contribution in [0.1, 0.15) is 39.0 Å². The Morgan fingerprint density at radius 1 is 0.667 bits per heavy atom. The molecule has 3 rings (SSSR count). The number of hydrogen-bond acceptors (Lipinski definition) is 12. The van der Waals surface area contributed by atoms with Crippen LogP contribution in [0.4, 0.5) is 0 Å². The highest BCUT2D eigenvalue weighted by molar-refractivity contribution is 7.82. The molecule has 0 saturated carbocycles. The zero-order valence-electron chi connectivity index (χ0n) is 14.3. The molecule has 0 aromatic heterocycles. The van der Waals surface area contributed by atoms with E-state index in [1.807, 2.05) is 0 Å². The third-order valence-corrected chi connectivity index (χ3v) is 7.17. The van der Waals surface area contributed by atoms with Gasteiger partial charge >= 0.3 is 31.2 Å². The smallest absolute Gasteiger partial charge is 0.245 e. The molecule has 158 valence electrons. The molecule has 0 spiro atoms. The molecule has 5 unspecified atom stereocenters. The quantitative estimate of drug-likeness (QED) is 0.536. The second-order valence-corrected chi connectivity index (χ2v) is 10.2. The molecule has 3 saturated heterocycles. The molecule has 15 heteroatoms. The van der Waals surface area contributed by atoms with E-state index in [1.54, 1.807) is 6.92 Å². The molecular weight excluding hydrogens is 432 g/mol. The molecule has 3 fully saturated rings. The van der Waals surface area contributed by atoms with E-state index in [-0.39, 0.29) is 38.7 Å². The van der Waals surface area contributed by atoms with Gasteiger partial charge in [0.1, 0.15) is 6.10 Å². The van der Waals surface area contributed by atoms with Crippen molar-refractivity contribution in [3.63, 3.8) is 0 Å². The first-order chi connectivity index (χ1) is 12.4. The van der Waals surface area contributed by atoms with Crippen molar-refractivity contribution in [2.45, 2.75) is 69.5 Å². The van der Waals surface area contributed by atoms with Crippen LogP contribution in [0.2, 0.25) is 0 Å². The lowest BCUT2D eigenvalue weighted by molar-refractivity contribution is -0.0106. The Morgan fingerprint density at radius 3 is 1.78 bits per heavy atom. The highest BCUT2D eigenvalue weighted by Crippen LogP contribution is 2.31. The molecule has 3 aliphatic heterocycles. The third-order valence-electron chi connectivity index (χ3n) is 4.15. The zero-order chi connectivity index (χ0) is 19.9. The lowest BCUT2D eigenvalue weighted by Crippen LogP contribution is -2.40. The van der Waals surface area contributed by atoms with E-state index in [1.165, 1.54) is 0 Å². The molecule has 3 heterocycles. The molecule has 0 aromatic rings. The van der Waals surface area contributed by atoms with Crippen molar-refractivity contribution in [1.82, 2.24) is 0 Å². The minimum absolute atomic E-state index is 0.0173. The van der Waals surface area contributed by atoms with Gasteiger partial charge in [0, 0.05) is 19.3 Å². The van der Waals surface area contributed by atoms with Gasteiger partial charge < -0.3 is 0 Å². The number of rotatable bonds is 5. The standard InChI is InChI=1S/C12H20O12S3/c1-8-4-11(23-26(15,16)20-8)6-12-5-9(21-27(17,18)24-12)2-3-10-7-19-25(13,14)22-10/h8-12H,2-7H2,1H3. The minimum atomic E-state index is -4.27. The summed E-state index contributed by atoms with van der Waals surface area (Å²) in [7, 11) is -12.4. The highest BCUT2D eigenvalue weighted by atomic mass is 32.3. The lowest BCUT2D eigenvalue weighted by Gasteiger charge is -2.32. The Hall–Kier alpha value is -0.390. The summed E-state index contributed by atoms with van der Waals surface area (Å²) in [6.45, 7) is 1.42. The van der Waals surface area contributed by atoms with Crippen molar-refractivity contribution in [3.8, 4) is 0 Å². The monoisotopic (exact) mass is 452 g/mol. The van der Waals surface area contributed by atoms with Crippen LogP contribution in [0.15, 0.2) is 0 Å². The van der Waals surface area contributed by atoms with Crippen LogP contribution >= 0.6 is 0 Å². The van der Waals surface area contributed by atoms with Gasteiger partial charge in [-0.25, -0.2) is 25.1 Å². The molecular formula is C12H20O12S3. The Labute approximate surface area is 158 Å². The van der Waals surface area contributed by atoms with Crippen LogP contribution in [-0.2, 0) is 56.3 Å². The number of hydrogen-bond donors (Lipinski definition) is 0. The van der Waals surface area contributed by atoms with Crippen LogP contribution in [0.25, 0.3) is 0 Å². The molecule has 0 bridgehead atoms. The fourth-order valence-corrected chi connectivity index (χ4v) is 6.10.